The molecule has 0 N–H and O–H groups in total. The average molecular weight is 350 g/mol. The predicted octanol–water partition coefficient (Wildman–Crippen LogP) is 3.71. The molecule has 0 radical (unpaired) electrons. The van der Waals surface area contributed by atoms with Crippen LogP contribution in [-0.2, 0) is 4.79 Å². The van der Waals surface area contributed by atoms with Gasteiger partial charge in [0.2, 0.25) is 6.79 Å². The van der Waals surface area contributed by atoms with Crippen molar-refractivity contribution in [2.24, 2.45) is 5.41 Å². The van der Waals surface area contributed by atoms with E-state index in [2.05, 4.69) is 11.5 Å². The predicted molar refractivity (Wildman–Crippen MR) is 97.8 cm³/mol. The van der Waals surface area contributed by atoms with Gasteiger partial charge in [0.1, 0.15) is 0 Å². The molecule has 1 aromatic carbocycles. The lowest BCUT2D eigenvalue weighted by Crippen LogP contribution is -2.37. The Morgan fingerprint density at radius 3 is 2.75 bits per heavy atom. The second-order valence-electron chi connectivity index (χ2n) is 6.62. The number of allylic oxidation sites excluding steroid dienone is 2. The molecule has 0 bridgehead atoms. The molecule has 1 atom stereocenters. The Kier molecular flexibility index (Phi) is 5.73. The highest BCUT2D eigenvalue weighted by Gasteiger charge is 2.44. The molecule has 130 valence electrons. The molecule has 1 saturated carbocycles. The van der Waals surface area contributed by atoms with Gasteiger partial charge in [-0.15, -0.1) is 19.0 Å². The largest absolute Gasteiger partial charge is 0.454 e. The number of benzene rings is 1. The van der Waals surface area contributed by atoms with Gasteiger partial charge in [0.25, 0.3) is 0 Å². The lowest BCUT2D eigenvalue weighted by Gasteiger charge is -2.29. The molecule has 0 amide bonds. The topological polar surface area (TPSA) is 38.8 Å². The van der Waals surface area contributed by atoms with Gasteiger partial charge in [0.05, 0.1) is 0 Å². The van der Waals surface area contributed by atoms with Crippen molar-refractivity contribution in [2.75, 3.05) is 27.4 Å². The molecule has 4 nitrogen and oxygen atoms in total. The van der Waals surface area contributed by atoms with Crippen molar-refractivity contribution in [3.05, 3.63) is 42.0 Å². The Morgan fingerprint density at radius 1 is 1.29 bits per heavy atom. The van der Waals surface area contributed by atoms with Gasteiger partial charge < -0.3 is 14.4 Å². The fourth-order valence-electron chi connectivity index (χ4n) is 3.58. The van der Waals surface area contributed by atoms with E-state index in [9.17, 15) is 4.79 Å². The molecular formula is C19H24ClNO3. The number of halogens is 1. The Hall–Kier alpha value is -1.78. The molecule has 1 fully saturated rings. The van der Waals surface area contributed by atoms with Gasteiger partial charge in [-0.25, -0.2) is 0 Å². The van der Waals surface area contributed by atoms with Crippen LogP contribution in [0.15, 0.2) is 36.4 Å². The molecule has 0 aromatic heterocycles. The lowest BCUT2D eigenvalue weighted by molar-refractivity contribution is -0.123. The van der Waals surface area contributed by atoms with Gasteiger partial charge in [-0.05, 0) is 62.7 Å². The number of ether oxygens (including phenoxy) is 2. The number of carbonyl (C=O) groups excluding carboxylic acids is 1. The van der Waals surface area contributed by atoms with E-state index >= 15 is 0 Å². The first kappa shape index (κ1) is 18.6. The van der Waals surface area contributed by atoms with Crippen LogP contribution in [0, 0.1) is 5.41 Å². The highest BCUT2D eigenvalue weighted by Crippen LogP contribution is 2.43. The van der Waals surface area contributed by atoms with Gasteiger partial charge in [0.15, 0.2) is 17.3 Å². The molecule has 1 unspecified atom stereocenters. The molecule has 1 heterocycles. The van der Waals surface area contributed by atoms with Gasteiger partial charge in [0, 0.05) is 12.0 Å². The zero-order chi connectivity index (χ0) is 16.4. The van der Waals surface area contributed by atoms with Gasteiger partial charge in [-0.2, -0.15) is 0 Å². The van der Waals surface area contributed by atoms with Crippen molar-refractivity contribution in [3.8, 4) is 11.5 Å². The van der Waals surface area contributed by atoms with Gasteiger partial charge in [-0.1, -0.05) is 12.1 Å². The SMILES string of the molecule is C=CCC1(CN(C)C)CCC(=Cc2ccc3c(c2)OCO3)C1=O.Cl. The number of carbonyl (C=O) groups is 1. The monoisotopic (exact) mass is 349 g/mol. The Morgan fingerprint density at radius 2 is 2.04 bits per heavy atom. The van der Waals surface area contributed by atoms with Crippen molar-refractivity contribution < 1.29 is 14.3 Å². The number of hydrogen-bond acceptors (Lipinski definition) is 4. The lowest BCUT2D eigenvalue weighted by atomic mass is 9.81. The maximum atomic E-state index is 13.0. The minimum Gasteiger partial charge on any atom is -0.454 e. The van der Waals surface area contributed by atoms with Gasteiger partial charge in [-0.3, -0.25) is 4.79 Å². The fourth-order valence-corrected chi connectivity index (χ4v) is 3.58. The number of ketones is 1. The standard InChI is InChI=1S/C19H23NO3.ClH/c1-4-8-19(12-20(2)3)9-7-15(18(19)21)10-14-5-6-16-17(11-14)23-13-22-16;/h4-6,10-11H,1,7-9,12-13H2,2-3H3;1H. The number of hydrogen-bond donors (Lipinski definition) is 0. The molecule has 1 aliphatic carbocycles. The van der Waals surface area contributed by atoms with E-state index in [0.29, 0.717) is 0 Å². The molecular weight excluding hydrogens is 326 g/mol. The third-order valence-corrected chi connectivity index (χ3v) is 4.54. The summed E-state index contributed by atoms with van der Waals surface area (Å²) < 4.78 is 10.7. The third-order valence-electron chi connectivity index (χ3n) is 4.54. The summed E-state index contributed by atoms with van der Waals surface area (Å²) in [6, 6.07) is 5.79. The number of rotatable bonds is 5. The molecule has 0 saturated heterocycles. The first-order chi connectivity index (χ1) is 11.0. The summed E-state index contributed by atoms with van der Waals surface area (Å²) >= 11 is 0. The van der Waals surface area contributed by atoms with E-state index in [-0.39, 0.29) is 30.4 Å². The van der Waals surface area contributed by atoms with E-state index in [4.69, 9.17) is 9.47 Å². The first-order valence-corrected chi connectivity index (χ1v) is 7.95. The summed E-state index contributed by atoms with van der Waals surface area (Å²) in [4.78, 5) is 15.1. The van der Waals surface area contributed by atoms with Gasteiger partial charge >= 0.3 is 0 Å². The highest BCUT2D eigenvalue weighted by molar-refractivity contribution is 6.05. The van der Waals surface area contributed by atoms with E-state index in [1.54, 1.807) is 0 Å². The molecule has 3 rings (SSSR count). The second kappa shape index (κ2) is 7.41. The zero-order valence-corrected chi connectivity index (χ0v) is 15.0. The van der Waals surface area contributed by atoms with Crippen molar-refractivity contribution in [3.63, 3.8) is 0 Å². The zero-order valence-electron chi connectivity index (χ0n) is 14.2. The number of nitrogens with zero attached hydrogens (tertiary/aromatic N) is 1. The van der Waals surface area contributed by atoms with Crippen LogP contribution in [-0.4, -0.2) is 38.1 Å². The fraction of sp³-hybridized carbons (Fsp3) is 0.421. The Bertz CT molecular complexity index is 669. The highest BCUT2D eigenvalue weighted by atomic mass is 35.5. The normalized spacial score (nSPS) is 23.6. The van der Waals surface area contributed by atoms with Crippen LogP contribution in [0.25, 0.3) is 6.08 Å². The summed E-state index contributed by atoms with van der Waals surface area (Å²) in [6.07, 6.45) is 6.28. The first-order valence-electron chi connectivity index (χ1n) is 7.95. The van der Waals surface area contributed by atoms with Crippen LogP contribution in [0.5, 0.6) is 11.5 Å². The van der Waals surface area contributed by atoms with E-state index < -0.39 is 0 Å². The number of fused-ring (bicyclic) bond motifs is 1. The van der Waals surface area contributed by atoms with Crippen LogP contribution in [0.2, 0.25) is 0 Å². The molecule has 24 heavy (non-hydrogen) atoms. The smallest absolute Gasteiger partial charge is 0.231 e. The summed E-state index contributed by atoms with van der Waals surface area (Å²) in [7, 11) is 4.02. The van der Waals surface area contributed by atoms with Crippen molar-refractivity contribution in [1.82, 2.24) is 4.90 Å². The van der Waals surface area contributed by atoms with E-state index in [0.717, 1.165) is 48.4 Å². The maximum absolute atomic E-state index is 13.0. The maximum Gasteiger partial charge on any atom is 0.231 e. The van der Waals surface area contributed by atoms with E-state index in [1.165, 1.54) is 0 Å². The summed E-state index contributed by atoms with van der Waals surface area (Å²) in [5, 5.41) is 0. The number of Topliss-reactive ketones (excluding diaryl/α,β-unsaturated/α-hetero) is 1. The molecule has 2 aliphatic rings. The Labute approximate surface area is 149 Å². The summed E-state index contributed by atoms with van der Waals surface area (Å²) in [5.74, 6) is 1.76. The van der Waals surface area contributed by atoms with Crippen molar-refractivity contribution in [1.29, 1.82) is 0 Å². The molecule has 1 aliphatic heterocycles. The van der Waals surface area contributed by atoms with Crippen LogP contribution in [0.3, 0.4) is 0 Å². The summed E-state index contributed by atoms with van der Waals surface area (Å²) in [5.41, 5.74) is 1.55. The van der Waals surface area contributed by atoms with Crippen LogP contribution in [0.4, 0.5) is 0 Å². The van der Waals surface area contributed by atoms with Crippen LogP contribution < -0.4 is 9.47 Å². The van der Waals surface area contributed by atoms with Crippen molar-refractivity contribution >= 4 is 24.3 Å². The molecule has 5 heteroatoms. The van der Waals surface area contributed by atoms with Crippen molar-refractivity contribution in [2.45, 2.75) is 19.3 Å². The van der Waals surface area contributed by atoms with E-state index in [1.807, 2.05) is 44.4 Å². The van der Waals surface area contributed by atoms with Crippen LogP contribution >= 0.6 is 12.4 Å². The summed E-state index contributed by atoms with van der Waals surface area (Å²) in [6.45, 7) is 4.86. The quantitative estimate of drug-likeness (QED) is 0.600. The molecule has 0 spiro atoms. The average Bonchev–Trinajstić information content (AvgIpc) is 3.07. The minimum atomic E-state index is -0.326. The second-order valence-corrected chi connectivity index (χ2v) is 6.62. The molecule has 1 aromatic rings. The minimum absolute atomic E-state index is 0. The third kappa shape index (κ3) is 3.50. The van der Waals surface area contributed by atoms with Crippen LogP contribution in [0.1, 0.15) is 24.8 Å². The Balaban J connectivity index is 0.00000208.